The predicted molar refractivity (Wildman–Crippen MR) is 78.3 cm³/mol. The first-order valence-corrected chi connectivity index (χ1v) is 7.78. The molecular formula is C15H19N3S. The van der Waals surface area contributed by atoms with E-state index in [0.29, 0.717) is 5.92 Å². The van der Waals surface area contributed by atoms with Crippen LogP contribution in [0.25, 0.3) is 0 Å². The molecule has 1 aliphatic heterocycles. The van der Waals surface area contributed by atoms with Crippen LogP contribution in [-0.4, -0.2) is 28.0 Å². The maximum absolute atomic E-state index is 4.57. The van der Waals surface area contributed by atoms with E-state index in [2.05, 4.69) is 37.8 Å². The number of nitrogens with zero attached hydrogens (tertiary/aromatic N) is 3. The molecule has 1 saturated heterocycles. The van der Waals surface area contributed by atoms with Gasteiger partial charge >= 0.3 is 0 Å². The first kappa shape index (κ1) is 12.8. The number of rotatable bonds is 3. The van der Waals surface area contributed by atoms with E-state index in [-0.39, 0.29) is 0 Å². The Hall–Kier alpha value is -1.26. The first-order valence-electron chi connectivity index (χ1n) is 6.84. The van der Waals surface area contributed by atoms with E-state index >= 15 is 0 Å². The Morgan fingerprint density at radius 1 is 1.32 bits per heavy atom. The minimum Gasteiger partial charge on any atom is -0.299 e. The maximum atomic E-state index is 4.57. The van der Waals surface area contributed by atoms with Gasteiger partial charge in [-0.05, 0) is 61.3 Å². The minimum absolute atomic E-state index is 0.612. The van der Waals surface area contributed by atoms with Crippen molar-refractivity contribution in [2.75, 3.05) is 13.1 Å². The number of likely N-dealkylation sites (tertiary alicyclic amines) is 1. The number of aryl methyl sites for hydroxylation is 1. The number of thiophene rings is 1. The van der Waals surface area contributed by atoms with Gasteiger partial charge in [-0.15, -0.1) is 0 Å². The van der Waals surface area contributed by atoms with Gasteiger partial charge in [-0.1, -0.05) is 0 Å². The fourth-order valence-electron chi connectivity index (χ4n) is 2.73. The highest BCUT2D eigenvalue weighted by molar-refractivity contribution is 7.07. The average Bonchev–Trinajstić information content (AvgIpc) is 2.92. The Bertz CT molecular complexity index is 516. The van der Waals surface area contributed by atoms with E-state index in [1.165, 1.54) is 37.2 Å². The summed E-state index contributed by atoms with van der Waals surface area (Å²) in [4.78, 5) is 11.3. The van der Waals surface area contributed by atoms with Crippen LogP contribution in [0.2, 0.25) is 0 Å². The molecule has 100 valence electrons. The second kappa shape index (κ2) is 5.80. The van der Waals surface area contributed by atoms with E-state index < -0.39 is 0 Å². The second-order valence-corrected chi connectivity index (χ2v) is 5.99. The molecule has 3 nitrogen and oxygen atoms in total. The van der Waals surface area contributed by atoms with Crippen molar-refractivity contribution < 1.29 is 0 Å². The summed E-state index contributed by atoms with van der Waals surface area (Å²) in [6, 6.07) is 4.30. The van der Waals surface area contributed by atoms with Gasteiger partial charge in [0, 0.05) is 24.4 Å². The van der Waals surface area contributed by atoms with E-state index in [9.17, 15) is 0 Å². The zero-order valence-electron chi connectivity index (χ0n) is 11.2. The fourth-order valence-corrected chi connectivity index (χ4v) is 3.39. The average molecular weight is 273 g/mol. The quantitative estimate of drug-likeness (QED) is 0.859. The number of aromatic nitrogens is 2. The molecule has 2 aromatic rings. The topological polar surface area (TPSA) is 29.0 Å². The van der Waals surface area contributed by atoms with E-state index in [4.69, 9.17) is 0 Å². The molecule has 0 aliphatic carbocycles. The Labute approximate surface area is 118 Å². The van der Waals surface area contributed by atoms with Crippen LogP contribution in [0.4, 0.5) is 0 Å². The molecule has 0 amide bonds. The molecule has 4 heteroatoms. The van der Waals surface area contributed by atoms with Gasteiger partial charge < -0.3 is 0 Å². The van der Waals surface area contributed by atoms with Crippen molar-refractivity contribution in [2.24, 2.45) is 0 Å². The lowest BCUT2D eigenvalue weighted by molar-refractivity contribution is 0.203. The molecule has 0 N–H and O–H groups in total. The minimum atomic E-state index is 0.612. The van der Waals surface area contributed by atoms with Crippen LogP contribution < -0.4 is 0 Å². The van der Waals surface area contributed by atoms with Crippen LogP contribution in [-0.2, 0) is 6.54 Å². The normalized spacial score (nSPS) is 17.7. The van der Waals surface area contributed by atoms with Crippen LogP contribution in [0.5, 0.6) is 0 Å². The molecule has 1 aliphatic rings. The van der Waals surface area contributed by atoms with Gasteiger partial charge in [-0.3, -0.25) is 4.90 Å². The molecule has 1 fully saturated rings. The summed E-state index contributed by atoms with van der Waals surface area (Å²) in [7, 11) is 0. The molecule has 0 aromatic carbocycles. The zero-order chi connectivity index (χ0) is 13.1. The van der Waals surface area contributed by atoms with Crippen LogP contribution in [0.1, 0.15) is 35.8 Å². The van der Waals surface area contributed by atoms with Gasteiger partial charge in [0.2, 0.25) is 0 Å². The summed E-state index contributed by atoms with van der Waals surface area (Å²) in [5, 5.41) is 4.41. The standard InChI is InChI=1S/C15H19N3S/c1-12-16-6-2-15(17-12)14-3-7-18(8-4-14)10-13-5-9-19-11-13/h2,5-6,9,11,14H,3-4,7-8,10H2,1H3. The van der Waals surface area contributed by atoms with Gasteiger partial charge in [-0.2, -0.15) is 11.3 Å². The lowest BCUT2D eigenvalue weighted by Crippen LogP contribution is -2.32. The molecule has 0 bridgehead atoms. The predicted octanol–water partition coefficient (Wildman–Crippen LogP) is 3.23. The molecule has 0 atom stereocenters. The molecule has 0 radical (unpaired) electrons. The molecule has 0 saturated carbocycles. The van der Waals surface area contributed by atoms with Crippen LogP contribution in [0.3, 0.4) is 0 Å². The first-order chi connectivity index (χ1) is 9.31. The lowest BCUT2D eigenvalue weighted by atomic mass is 9.93. The van der Waals surface area contributed by atoms with E-state index in [1.807, 2.05) is 13.1 Å². The molecule has 2 aromatic heterocycles. The molecule has 3 heterocycles. The Morgan fingerprint density at radius 3 is 2.84 bits per heavy atom. The summed E-state index contributed by atoms with van der Waals surface area (Å²) in [6.45, 7) is 5.40. The zero-order valence-corrected chi connectivity index (χ0v) is 12.1. The van der Waals surface area contributed by atoms with Crippen molar-refractivity contribution >= 4 is 11.3 Å². The van der Waals surface area contributed by atoms with Gasteiger partial charge in [0.1, 0.15) is 5.82 Å². The highest BCUT2D eigenvalue weighted by Gasteiger charge is 2.21. The van der Waals surface area contributed by atoms with Gasteiger partial charge in [0.05, 0.1) is 0 Å². The highest BCUT2D eigenvalue weighted by atomic mass is 32.1. The van der Waals surface area contributed by atoms with Crippen molar-refractivity contribution in [3.05, 3.63) is 46.2 Å². The van der Waals surface area contributed by atoms with Gasteiger partial charge in [-0.25, -0.2) is 9.97 Å². The second-order valence-electron chi connectivity index (χ2n) is 5.21. The van der Waals surface area contributed by atoms with Gasteiger partial charge in [0.15, 0.2) is 0 Å². The number of piperidine rings is 1. The monoisotopic (exact) mass is 273 g/mol. The summed E-state index contributed by atoms with van der Waals surface area (Å²) >= 11 is 1.78. The summed E-state index contributed by atoms with van der Waals surface area (Å²) in [5.41, 5.74) is 2.67. The van der Waals surface area contributed by atoms with E-state index in [0.717, 1.165) is 12.4 Å². The van der Waals surface area contributed by atoms with Gasteiger partial charge in [0.25, 0.3) is 0 Å². The van der Waals surface area contributed by atoms with Crippen LogP contribution in [0.15, 0.2) is 29.1 Å². The molecule has 0 unspecified atom stereocenters. The largest absolute Gasteiger partial charge is 0.299 e. The van der Waals surface area contributed by atoms with Crippen LogP contribution >= 0.6 is 11.3 Å². The molecule has 3 rings (SSSR count). The molecule has 19 heavy (non-hydrogen) atoms. The Kier molecular flexibility index (Phi) is 3.89. The maximum Gasteiger partial charge on any atom is 0.125 e. The summed E-state index contributed by atoms with van der Waals surface area (Å²) < 4.78 is 0. The fraction of sp³-hybridized carbons (Fsp3) is 0.467. The SMILES string of the molecule is Cc1nccc(C2CCN(Cc3ccsc3)CC2)n1. The Balaban J connectivity index is 1.57. The van der Waals surface area contributed by atoms with E-state index in [1.54, 1.807) is 11.3 Å². The third kappa shape index (κ3) is 3.19. The summed E-state index contributed by atoms with van der Waals surface area (Å²) in [5.74, 6) is 1.50. The van der Waals surface area contributed by atoms with Crippen molar-refractivity contribution in [2.45, 2.75) is 32.2 Å². The van der Waals surface area contributed by atoms with Crippen molar-refractivity contribution in [1.82, 2.24) is 14.9 Å². The third-order valence-corrected chi connectivity index (χ3v) is 4.52. The smallest absolute Gasteiger partial charge is 0.125 e. The highest BCUT2D eigenvalue weighted by Crippen LogP contribution is 2.27. The summed E-state index contributed by atoms with van der Waals surface area (Å²) in [6.07, 6.45) is 4.30. The van der Waals surface area contributed by atoms with Crippen LogP contribution in [0, 0.1) is 6.92 Å². The molecule has 0 spiro atoms. The van der Waals surface area contributed by atoms with Crippen molar-refractivity contribution in [1.29, 1.82) is 0 Å². The third-order valence-electron chi connectivity index (χ3n) is 3.79. The van der Waals surface area contributed by atoms with Crippen molar-refractivity contribution in [3.63, 3.8) is 0 Å². The molecular weight excluding hydrogens is 254 g/mol. The number of hydrogen-bond donors (Lipinski definition) is 0. The van der Waals surface area contributed by atoms with Crippen molar-refractivity contribution in [3.8, 4) is 0 Å². The Morgan fingerprint density at radius 2 is 2.16 bits per heavy atom. The number of hydrogen-bond acceptors (Lipinski definition) is 4. The lowest BCUT2D eigenvalue weighted by Gasteiger charge is -2.31.